The number of fused-ring (bicyclic) bond motifs is 2. The number of imidazole rings is 1. The molecule has 2 N–H and O–H groups in total. The predicted molar refractivity (Wildman–Crippen MR) is 106 cm³/mol. The molecule has 1 aliphatic rings. The number of nitrogens with zero attached hydrogens (tertiary/aromatic N) is 3. The van der Waals surface area contributed by atoms with Crippen molar-refractivity contribution in [3.05, 3.63) is 47.7 Å². The molecule has 26 heavy (non-hydrogen) atoms. The zero-order valence-electron chi connectivity index (χ0n) is 14.4. The number of hydrogen-bond acceptors (Lipinski definition) is 3. The van der Waals surface area contributed by atoms with Crippen molar-refractivity contribution in [2.75, 3.05) is 5.32 Å². The van der Waals surface area contributed by atoms with Crippen LogP contribution in [0.25, 0.3) is 27.8 Å². The van der Waals surface area contributed by atoms with Gasteiger partial charge < -0.3 is 5.32 Å². The van der Waals surface area contributed by atoms with Crippen LogP contribution in [0.5, 0.6) is 0 Å². The van der Waals surface area contributed by atoms with Gasteiger partial charge in [-0.1, -0.05) is 43.0 Å². The Morgan fingerprint density at radius 2 is 2.00 bits per heavy atom. The summed E-state index contributed by atoms with van der Waals surface area (Å²) in [7, 11) is 0. The molecule has 0 aliphatic heterocycles. The maximum atomic E-state index is 6.22. The van der Waals surface area contributed by atoms with Crippen LogP contribution in [0.2, 0.25) is 5.15 Å². The molecule has 1 aromatic carbocycles. The summed E-state index contributed by atoms with van der Waals surface area (Å²) < 4.78 is 2.14. The Balaban J connectivity index is 1.65. The number of aromatic amines is 1. The zero-order valence-corrected chi connectivity index (χ0v) is 15.1. The van der Waals surface area contributed by atoms with Gasteiger partial charge in [-0.3, -0.25) is 9.50 Å². The Bertz CT molecular complexity index is 1070. The van der Waals surface area contributed by atoms with E-state index in [0.717, 1.165) is 33.6 Å². The van der Waals surface area contributed by atoms with E-state index in [1.54, 1.807) is 0 Å². The minimum atomic E-state index is 0.493. The lowest BCUT2D eigenvalue weighted by atomic mass is 9.95. The molecule has 3 aromatic heterocycles. The molecular formula is C20H20ClN5. The number of aromatic nitrogens is 4. The van der Waals surface area contributed by atoms with Gasteiger partial charge in [-0.25, -0.2) is 4.98 Å². The van der Waals surface area contributed by atoms with Gasteiger partial charge in [-0.2, -0.15) is 5.10 Å². The number of nitrogens with one attached hydrogen (secondary N) is 2. The van der Waals surface area contributed by atoms with Crippen molar-refractivity contribution >= 4 is 34.0 Å². The van der Waals surface area contributed by atoms with Gasteiger partial charge in [0.1, 0.15) is 17.2 Å². The van der Waals surface area contributed by atoms with Crippen molar-refractivity contribution in [1.82, 2.24) is 19.6 Å². The van der Waals surface area contributed by atoms with Crippen LogP contribution in [0.4, 0.5) is 5.82 Å². The molecular weight excluding hydrogens is 346 g/mol. The van der Waals surface area contributed by atoms with Crippen molar-refractivity contribution < 1.29 is 0 Å². The van der Waals surface area contributed by atoms with Crippen LogP contribution in [0.15, 0.2) is 42.6 Å². The fourth-order valence-corrected chi connectivity index (χ4v) is 4.10. The van der Waals surface area contributed by atoms with Crippen molar-refractivity contribution in [3.63, 3.8) is 0 Å². The molecule has 5 nitrogen and oxygen atoms in total. The van der Waals surface area contributed by atoms with E-state index >= 15 is 0 Å². The summed E-state index contributed by atoms with van der Waals surface area (Å²) in [4.78, 5) is 4.90. The van der Waals surface area contributed by atoms with E-state index in [1.807, 2.05) is 24.3 Å². The molecule has 0 bridgehead atoms. The molecule has 1 aliphatic carbocycles. The third kappa shape index (κ3) is 2.63. The van der Waals surface area contributed by atoms with Crippen LogP contribution in [0, 0.1) is 0 Å². The summed E-state index contributed by atoms with van der Waals surface area (Å²) in [5.74, 6) is 1.06. The average molecular weight is 366 g/mol. The van der Waals surface area contributed by atoms with Crippen molar-refractivity contribution in [2.45, 2.75) is 38.1 Å². The molecule has 132 valence electrons. The molecule has 5 rings (SSSR count). The highest BCUT2D eigenvalue weighted by molar-refractivity contribution is 6.34. The smallest absolute Gasteiger partial charge is 0.158 e. The fourth-order valence-electron chi connectivity index (χ4n) is 3.90. The largest absolute Gasteiger partial charge is 0.367 e. The molecule has 6 heteroatoms. The van der Waals surface area contributed by atoms with Crippen molar-refractivity contribution in [3.8, 4) is 11.3 Å². The fraction of sp³-hybridized carbons (Fsp3) is 0.300. The molecule has 0 spiro atoms. The number of hydrogen-bond donors (Lipinski definition) is 2. The Hall–Kier alpha value is -2.53. The number of benzene rings is 1. The second-order valence-electron chi connectivity index (χ2n) is 6.99. The summed E-state index contributed by atoms with van der Waals surface area (Å²) in [5.41, 5.74) is 3.88. The molecule has 1 fully saturated rings. The molecule has 0 saturated heterocycles. The second-order valence-corrected chi connectivity index (χ2v) is 7.35. The van der Waals surface area contributed by atoms with Crippen LogP contribution in [-0.2, 0) is 0 Å². The van der Waals surface area contributed by atoms with Gasteiger partial charge in [0.05, 0.1) is 5.52 Å². The summed E-state index contributed by atoms with van der Waals surface area (Å²) in [6, 6.07) is 12.8. The summed E-state index contributed by atoms with van der Waals surface area (Å²) in [6.45, 7) is 0. The van der Waals surface area contributed by atoms with Gasteiger partial charge >= 0.3 is 0 Å². The zero-order chi connectivity index (χ0) is 17.5. The second kappa shape index (κ2) is 6.32. The van der Waals surface area contributed by atoms with Crippen LogP contribution >= 0.6 is 11.6 Å². The third-order valence-electron chi connectivity index (χ3n) is 5.27. The van der Waals surface area contributed by atoms with E-state index in [9.17, 15) is 0 Å². The van der Waals surface area contributed by atoms with Crippen LogP contribution in [-0.4, -0.2) is 25.6 Å². The lowest BCUT2D eigenvalue weighted by molar-refractivity contribution is 0.462. The molecule has 4 aromatic rings. The van der Waals surface area contributed by atoms with Gasteiger partial charge in [0.2, 0.25) is 0 Å². The number of pyridine rings is 1. The summed E-state index contributed by atoms with van der Waals surface area (Å²) in [6.07, 6.45) is 8.42. The Kier molecular flexibility index (Phi) is 3.82. The maximum Gasteiger partial charge on any atom is 0.158 e. The SMILES string of the molecule is Clc1n[nH]c2ccc(-c3nc4ccccn4c3NC3CCCCC3)cc12. The van der Waals surface area contributed by atoms with E-state index in [0.29, 0.717) is 11.2 Å². The van der Waals surface area contributed by atoms with Gasteiger partial charge in [0, 0.05) is 23.2 Å². The van der Waals surface area contributed by atoms with E-state index in [1.165, 1.54) is 32.1 Å². The Labute approximate surface area is 156 Å². The first-order valence-corrected chi connectivity index (χ1v) is 9.55. The summed E-state index contributed by atoms with van der Waals surface area (Å²) >= 11 is 6.22. The lowest BCUT2D eigenvalue weighted by Gasteiger charge is -2.24. The first-order chi connectivity index (χ1) is 12.8. The average Bonchev–Trinajstić information content (AvgIpc) is 3.24. The van der Waals surface area contributed by atoms with Gasteiger partial charge in [0.15, 0.2) is 5.15 Å². The van der Waals surface area contributed by atoms with E-state index in [4.69, 9.17) is 16.6 Å². The molecule has 3 heterocycles. The third-order valence-corrected chi connectivity index (χ3v) is 5.55. The van der Waals surface area contributed by atoms with Crippen molar-refractivity contribution in [1.29, 1.82) is 0 Å². The van der Waals surface area contributed by atoms with E-state index in [-0.39, 0.29) is 0 Å². The lowest BCUT2D eigenvalue weighted by Crippen LogP contribution is -2.23. The first kappa shape index (κ1) is 15.7. The molecule has 0 amide bonds. The normalized spacial score (nSPS) is 15.7. The Morgan fingerprint density at radius 3 is 2.88 bits per heavy atom. The monoisotopic (exact) mass is 365 g/mol. The van der Waals surface area contributed by atoms with Gasteiger partial charge in [-0.05, 0) is 37.1 Å². The van der Waals surface area contributed by atoms with Gasteiger partial charge in [-0.15, -0.1) is 0 Å². The molecule has 0 atom stereocenters. The van der Waals surface area contributed by atoms with Crippen molar-refractivity contribution in [2.24, 2.45) is 0 Å². The number of H-pyrrole nitrogens is 1. The van der Waals surface area contributed by atoms with E-state index in [2.05, 4.69) is 38.2 Å². The minimum absolute atomic E-state index is 0.493. The van der Waals surface area contributed by atoms with Crippen LogP contribution in [0.1, 0.15) is 32.1 Å². The topological polar surface area (TPSA) is 58.0 Å². The quantitative estimate of drug-likeness (QED) is 0.519. The number of rotatable bonds is 3. The highest BCUT2D eigenvalue weighted by Gasteiger charge is 2.20. The van der Waals surface area contributed by atoms with Crippen LogP contribution in [0.3, 0.4) is 0 Å². The molecule has 1 saturated carbocycles. The molecule has 0 unspecified atom stereocenters. The predicted octanol–water partition coefficient (Wildman–Crippen LogP) is 5.28. The van der Waals surface area contributed by atoms with Crippen LogP contribution < -0.4 is 5.32 Å². The van der Waals surface area contributed by atoms with Gasteiger partial charge in [0.25, 0.3) is 0 Å². The number of halogens is 1. The number of anilines is 1. The maximum absolute atomic E-state index is 6.22. The first-order valence-electron chi connectivity index (χ1n) is 9.17. The van der Waals surface area contributed by atoms with E-state index < -0.39 is 0 Å². The molecule has 0 radical (unpaired) electrons. The minimum Gasteiger partial charge on any atom is -0.367 e. The Morgan fingerprint density at radius 1 is 1.12 bits per heavy atom. The summed E-state index contributed by atoms with van der Waals surface area (Å²) in [5, 5.41) is 12.2. The standard InChI is InChI=1S/C20H20ClN5/c21-19-15-12-13(9-10-16(15)24-25-19)18-20(22-14-6-2-1-3-7-14)26-11-5-4-8-17(26)23-18/h4-5,8-12,14,22H,1-3,6-7H2,(H,24,25). The highest BCUT2D eigenvalue weighted by atomic mass is 35.5. The highest BCUT2D eigenvalue weighted by Crippen LogP contribution is 2.34.